The van der Waals surface area contributed by atoms with E-state index < -0.39 is 11.7 Å². The SMILES string of the molecule is CC1CC(=O)CCN1Cc1ccccc1C(F)(F)F. The van der Waals surface area contributed by atoms with Crippen LogP contribution in [0.3, 0.4) is 0 Å². The Morgan fingerprint density at radius 2 is 2.00 bits per heavy atom. The van der Waals surface area contributed by atoms with E-state index >= 15 is 0 Å². The number of hydrogen-bond acceptors (Lipinski definition) is 2. The van der Waals surface area contributed by atoms with E-state index in [9.17, 15) is 18.0 Å². The Bertz CT molecular complexity index is 470. The van der Waals surface area contributed by atoms with Crippen molar-refractivity contribution in [3.63, 3.8) is 0 Å². The smallest absolute Gasteiger partial charge is 0.300 e. The average Bonchev–Trinajstić information content (AvgIpc) is 2.32. The number of hydrogen-bond donors (Lipinski definition) is 0. The monoisotopic (exact) mass is 271 g/mol. The highest BCUT2D eigenvalue weighted by molar-refractivity contribution is 5.79. The van der Waals surface area contributed by atoms with Gasteiger partial charge in [0.15, 0.2) is 0 Å². The summed E-state index contributed by atoms with van der Waals surface area (Å²) in [5.74, 6) is 0.188. The highest BCUT2D eigenvalue weighted by Crippen LogP contribution is 2.33. The molecular formula is C14H16F3NO. The zero-order chi connectivity index (χ0) is 14.0. The molecule has 0 saturated carbocycles. The summed E-state index contributed by atoms with van der Waals surface area (Å²) in [6, 6.07) is 5.63. The van der Waals surface area contributed by atoms with E-state index in [1.807, 2.05) is 11.8 Å². The van der Waals surface area contributed by atoms with E-state index in [1.165, 1.54) is 12.1 Å². The van der Waals surface area contributed by atoms with Crippen LogP contribution in [0.4, 0.5) is 13.2 Å². The first-order valence-corrected chi connectivity index (χ1v) is 6.29. The van der Waals surface area contributed by atoms with Crippen LogP contribution in [0.2, 0.25) is 0 Å². The second-order valence-corrected chi connectivity index (χ2v) is 4.97. The standard InChI is InChI=1S/C14H16F3NO/c1-10-8-12(19)6-7-18(10)9-11-4-2-3-5-13(11)14(15,16)17/h2-5,10H,6-9H2,1H3. The molecule has 1 unspecified atom stereocenters. The molecule has 1 aromatic carbocycles. The molecule has 1 fully saturated rings. The minimum Gasteiger partial charge on any atom is -0.300 e. The van der Waals surface area contributed by atoms with Crippen molar-refractivity contribution in [1.82, 2.24) is 4.90 Å². The van der Waals surface area contributed by atoms with E-state index in [2.05, 4.69) is 0 Å². The molecule has 2 rings (SSSR count). The Morgan fingerprint density at radius 3 is 2.63 bits per heavy atom. The van der Waals surface area contributed by atoms with Crippen molar-refractivity contribution in [2.24, 2.45) is 0 Å². The summed E-state index contributed by atoms with van der Waals surface area (Å²) in [5, 5.41) is 0. The van der Waals surface area contributed by atoms with Gasteiger partial charge in [0.1, 0.15) is 5.78 Å². The van der Waals surface area contributed by atoms with Gasteiger partial charge in [0.2, 0.25) is 0 Å². The molecule has 0 amide bonds. The molecule has 0 bridgehead atoms. The summed E-state index contributed by atoms with van der Waals surface area (Å²) in [7, 11) is 0. The maximum Gasteiger partial charge on any atom is 0.416 e. The molecule has 1 aliphatic heterocycles. The fraction of sp³-hybridized carbons (Fsp3) is 0.500. The van der Waals surface area contributed by atoms with Gasteiger partial charge in [0.05, 0.1) is 5.56 Å². The Hall–Kier alpha value is -1.36. The van der Waals surface area contributed by atoms with Crippen molar-refractivity contribution in [2.75, 3.05) is 6.54 Å². The van der Waals surface area contributed by atoms with Gasteiger partial charge < -0.3 is 0 Å². The molecule has 1 aromatic rings. The first kappa shape index (κ1) is 14.1. The van der Waals surface area contributed by atoms with Crippen molar-refractivity contribution in [2.45, 2.75) is 38.5 Å². The number of nitrogens with zero attached hydrogens (tertiary/aromatic N) is 1. The van der Waals surface area contributed by atoms with E-state index in [0.29, 0.717) is 19.4 Å². The van der Waals surface area contributed by atoms with Crippen LogP contribution in [-0.2, 0) is 17.5 Å². The number of Topliss-reactive ketones (excluding diaryl/α,β-unsaturated/α-hetero) is 1. The van der Waals surface area contributed by atoms with E-state index in [-0.39, 0.29) is 23.9 Å². The van der Waals surface area contributed by atoms with Gasteiger partial charge in [0.25, 0.3) is 0 Å². The maximum atomic E-state index is 12.9. The zero-order valence-electron chi connectivity index (χ0n) is 10.7. The Labute approximate surface area is 110 Å². The van der Waals surface area contributed by atoms with Gasteiger partial charge >= 0.3 is 6.18 Å². The largest absolute Gasteiger partial charge is 0.416 e. The van der Waals surface area contributed by atoms with E-state index in [1.54, 1.807) is 6.07 Å². The molecule has 5 heteroatoms. The van der Waals surface area contributed by atoms with Gasteiger partial charge in [-0.15, -0.1) is 0 Å². The van der Waals surface area contributed by atoms with Gasteiger partial charge in [-0.3, -0.25) is 9.69 Å². The summed E-state index contributed by atoms with van der Waals surface area (Å²) in [6.45, 7) is 2.66. The van der Waals surface area contributed by atoms with Crippen molar-refractivity contribution in [3.8, 4) is 0 Å². The third-order valence-electron chi connectivity index (χ3n) is 3.52. The van der Waals surface area contributed by atoms with Gasteiger partial charge in [-0.1, -0.05) is 18.2 Å². The fourth-order valence-electron chi connectivity index (χ4n) is 2.44. The first-order chi connectivity index (χ1) is 8.88. The van der Waals surface area contributed by atoms with Crippen LogP contribution in [0.5, 0.6) is 0 Å². The Morgan fingerprint density at radius 1 is 1.32 bits per heavy atom. The average molecular weight is 271 g/mol. The van der Waals surface area contributed by atoms with Gasteiger partial charge in [-0.05, 0) is 18.6 Å². The number of benzene rings is 1. The fourth-order valence-corrected chi connectivity index (χ4v) is 2.44. The first-order valence-electron chi connectivity index (χ1n) is 6.29. The molecular weight excluding hydrogens is 255 g/mol. The number of carbonyl (C=O) groups excluding carboxylic acids is 1. The highest BCUT2D eigenvalue weighted by atomic mass is 19.4. The Kier molecular flexibility index (Phi) is 3.94. The lowest BCUT2D eigenvalue weighted by molar-refractivity contribution is -0.138. The lowest BCUT2D eigenvalue weighted by Gasteiger charge is -2.33. The number of likely N-dealkylation sites (tertiary alicyclic amines) is 1. The molecule has 0 spiro atoms. The third kappa shape index (κ3) is 3.35. The topological polar surface area (TPSA) is 20.3 Å². The summed E-state index contributed by atoms with van der Waals surface area (Å²) in [5.41, 5.74) is -0.310. The summed E-state index contributed by atoms with van der Waals surface area (Å²) >= 11 is 0. The molecule has 104 valence electrons. The molecule has 1 aliphatic rings. The van der Waals surface area contributed by atoms with E-state index in [4.69, 9.17) is 0 Å². The number of carbonyl (C=O) groups is 1. The molecule has 0 aliphatic carbocycles. The minimum atomic E-state index is -4.33. The number of alkyl halides is 3. The van der Waals surface area contributed by atoms with Crippen molar-refractivity contribution in [3.05, 3.63) is 35.4 Å². The number of rotatable bonds is 2. The molecule has 19 heavy (non-hydrogen) atoms. The summed E-state index contributed by atoms with van der Waals surface area (Å²) in [6.07, 6.45) is -3.47. The molecule has 1 saturated heterocycles. The highest BCUT2D eigenvalue weighted by Gasteiger charge is 2.34. The predicted octanol–water partition coefficient (Wildman–Crippen LogP) is 3.26. The lowest BCUT2D eigenvalue weighted by Crippen LogP contribution is -2.40. The van der Waals surface area contributed by atoms with Crippen molar-refractivity contribution >= 4 is 5.78 Å². The van der Waals surface area contributed by atoms with Crippen LogP contribution >= 0.6 is 0 Å². The minimum absolute atomic E-state index is 0.00235. The number of piperidine rings is 1. The predicted molar refractivity (Wildman–Crippen MR) is 65.6 cm³/mol. The zero-order valence-corrected chi connectivity index (χ0v) is 10.7. The molecule has 0 N–H and O–H groups in total. The van der Waals surface area contributed by atoms with Gasteiger partial charge in [-0.25, -0.2) is 0 Å². The summed E-state index contributed by atoms with van der Waals surface area (Å²) in [4.78, 5) is 13.2. The van der Waals surface area contributed by atoms with Crippen LogP contribution in [-0.4, -0.2) is 23.3 Å². The maximum absolute atomic E-state index is 12.9. The molecule has 1 atom stereocenters. The normalized spacial score (nSPS) is 21.7. The van der Waals surface area contributed by atoms with Crippen molar-refractivity contribution < 1.29 is 18.0 Å². The number of halogens is 3. The van der Waals surface area contributed by atoms with Crippen LogP contribution in [0.15, 0.2) is 24.3 Å². The number of ketones is 1. The third-order valence-corrected chi connectivity index (χ3v) is 3.52. The van der Waals surface area contributed by atoms with Gasteiger partial charge in [0, 0.05) is 32.0 Å². The second kappa shape index (κ2) is 5.33. The van der Waals surface area contributed by atoms with Gasteiger partial charge in [-0.2, -0.15) is 13.2 Å². The van der Waals surface area contributed by atoms with Crippen LogP contribution in [0, 0.1) is 0 Å². The molecule has 0 aromatic heterocycles. The molecule has 2 nitrogen and oxygen atoms in total. The van der Waals surface area contributed by atoms with Crippen LogP contribution in [0.1, 0.15) is 30.9 Å². The molecule has 0 radical (unpaired) electrons. The summed E-state index contributed by atoms with van der Waals surface area (Å²) < 4.78 is 38.7. The quantitative estimate of drug-likeness (QED) is 0.823. The van der Waals surface area contributed by atoms with E-state index in [0.717, 1.165) is 6.07 Å². The molecule has 1 heterocycles. The lowest BCUT2D eigenvalue weighted by atomic mass is 10.00. The van der Waals surface area contributed by atoms with Crippen LogP contribution < -0.4 is 0 Å². The van der Waals surface area contributed by atoms with Crippen LogP contribution in [0.25, 0.3) is 0 Å². The second-order valence-electron chi connectivity index (χ2n) is 4.97. The Balaban J connectivity index is 2.17. The van der Waals surface area contributed by atoms with Crippen molar-refractivity contribution in [1.29, 1.82) is 0 Å².